The monoisotopic (exact) mass is 783 g/mol. The van der Waals surface area contributed by atoms with Crippen molar-refractivity contribution in [3.63, 3.8) is 0 Å². The minimum atomic E-state index is -1.60. The lowest BCUT2D eigenvalue weighted by atomic mass is 9.99. The first kappa shape index (κ1) is 51.2. The highest BCUT2D eigenvalue weighted by atomic mass is 16.7. The molecule has 10 nitrogen and oxygen atoms in total. The molecule has 1 aliphatic heterocycles. The van der Waals surface area contributed by atoms with Crippen molar-refractivity contribution in [2.75, 3.05) is 19.8 Å². The highest BCUT2D eigenvalue weighted by molar-refractivity contribution is 5.70. The van der Waals surface area contributed by atoms with Crippen molar-refractivity contribution >= 4 is 11.9 Å². The summed E-state index contributed by atoms with van der Waals surface area (Å²) < 4.78 is 22.1. The van der Waals surface area contributed by atoms with Crippen molar-refractivity contribution in [3.05, 3.63) is 24.3 Å². The van der Waals surface area contributed by atoms with Crippen LogP contribution < -0.4 is 0 Å². The molecule has 1 fully saturated rings. The predicted octanol–water partition coefficient (Wildman–Crippen LogP) is 9.33. The molecule has 1 aliphatic rings. The number of aliphatic hydroxyl groups is 4. The van der Waals surface area contributed by atoms with Gasteiger partial charge >= 0.3 is 11.9 Å². The van der Waals surface area contributed by atoms with Gasteiger partial charge in [-0.15, -0.1) is 0 Å². The second kappa shape index (κ2) is 36.5. The molecular weight excluding hydrogens is 700 g/mol. The van der Waals surface area contributed by atoms with Crippen LogP contribution in [0.2, 0.25) is 0 Å². The molecule has 0 aromatic heterocycles. The Labute approximate surface area is 334 Å². The molecule has 1 unspecified atom stereocenters. The largest absolute Gasteiger partial charge is 0.462 e. The van der Waals surface area contributed by atoms with Gasteiger partial charge in [0.25, 0.3) is 0 Å². The van der Waals surface area contributed by atoms with Crippen molar-refractivity contribution in [1.82, 2.24) is 0 Å². The molecule has 0 amide bonds. The SMILES string of the molecule is CCCCCCCC/C=C/CCCCCCCC(=O)OCC(CO[C@@H]1O[C@H](CO)[C@@H](O)[C@H](O)[C@H]1O)OC(=O)CCCCCCC/C=C/CCCCCCCC. The Hall–Kier alpha value is -1.82. The number of carbonyl (C=O) groups is 2. The molecule has 1 saturated heterocycles. The van der Waals surface area contributed by atoms with E-state index in [1.807, 2.05) is 0 Å². The van der Waals surface area contributed by atoms with Gasteiger partial charge in [0.2, 0.25) is 0 Å². The number of allylic oxidation sites excluding steroid dienone is 4. The molecule has 1 heterocycles. The lowest BCUT2D eigenvalue weighted by Gasteiger charge is -2.39. The normalized spacial score (nSPS) is 20.7. The molecule has 0 spiro atoms. The average Bonchev–Trinajstić information content (AvgIpc) is 3.18. The maximum absolute atomic E-state index is 12.8. The third-order valence-electron chi connectivity index (χ3n) is 10.3. The van der Waals surface area contributed by atoms with Crippen LogP contribution in [-0.2, 0) is 28.5 Å². The van der Waals surface area contributed by atoms with E-state index in [1.54, 1.807) is 0 Å². The van der Waals surface area contributed by atoms with Gasteiger partial charge in [-0.3, -0.25) is 9.59 Å². The summed E-state index contributed by atoms with van der Waals surface area (Å²) in [7, 11) is 0. The van der Waals surface area contributed by atoms with E-state index in [9.17, 15) is 30.0 Å². The highest BCUT2D eigenvalue weighted by Crippen LogP contribution is 2.22. The number of aliphatic hydroxyl groups excluding tert-OH is 4. The Morgan fingerprint density at radius 1 is 0.545 bits per heavy atom. The highest BCUT2D eigenvalue weighted by Gasteiger charge is 2.44. The van der Waals surface area contributed by atoms with Gasteiger partial charge in [0.05, 0.1) is 13.2 Å². The fourth-order valence-electron chi connectivity index (χ4n) is 6.71. The van der Waals surface area contributed by atoms with E-state index in [2.05, 4.69) is 38.2 Å². The van der Waals surface area contributed by atoms with Crippen LogP contribution in [0.1, 0.15) is 194 Å². The van der Waals surface area contributed by atoms with Crippen molar-refractivity contribution in [2.24, 2.45) is 0 Å². The zero-order valence-electron chi connectivity index (χ0n) is 34.9. The lowest BCUT2D eigenvalue weighted by Crippen LogP contribution is -2.59. The number of carbonyl (C=O) groups excluding carboxylic acids is 2. The van der Waals surface area contributed by atoms with Crippen molar-refractivity contribution in [2.45, 2.75) is 230 Å². The Bertz CT molecular complexity index is 954. The maximum atomic E-state index is 12.8. The van der Waals surface area contributed by atoms with Gasteiger partial charge in [-0.2, -0.15) is 0 Å². The fraction of sp³-hybridized carbons (Fsp3) is 0.867. The molecule has 0 bridgehead atoms. The average molecular weight is 783 g/mol. The summed E-state index contributed by atoms with van der Waals surface area (Å²) in [5, 5.41) is 40.0. The second-order valence-electron chi connectivity index (χ2n) is 15.5. The first-order valence-electron chi connectivity index (χ1n) is 22.4. The van der Waals surface area contributed by atoms with Gasteiger partial charge < -0.3 is 39.4 Å². The van der Waals surface area contributed by atoms with Crippen LogP contribution in [0.25, 0.3) is 0 Å². The summed E-state index contributed by atoms with van der Waals surface area (Å²) >= 11 is 0. The van der Waals surface area contributed by atoms with Gasteiger partial charge in [0.15, 0.2) is 12.4 Å². The molecule has 0 aromatic rings. The molecule has 4 N–H and O–H groups in total. The summed E-state index contributed by atoms with van der Waals surface area (Å²) in [4.78, 5) is 25.3. The van der Waals surface area contributed by atoms with Gasteiger partial charge in [0.1, 0.15) is 31.0 Å². The van der Waals surface area contributed by atoms with Crippen LogP contribution in [0.4, 0.5) is 0 Å². The van der Waals surface area contributed by atoms with Crippen molar-refractivity contribution < 1.29 is 49.0 Å². The molecule has 1 rings (SSSR count). The minimum Gasteiger partial charge on any atom is -0.462 e. The third-order valence-corrected chi connectivity index (χ3v) is 10.3. The summed E-state index contributed by atoms with van der Waals surface area (Å²) in [6.45, 7) is 3.40. The molecule has 0 radical (unpaired) electrons. The molecule has 0 aromatic carbocycles. The number of rotatable bonds is 37. The number of esters is 2. The predicted molar refractivity (Wildman–Crippen MR) is 219 cm³/mol. The summed E-state index contributed by atoms with van der Waals surface area (Å²) in [5.41, 5.74) is 0. The zero-order valence-corrected chi connectivity index (χ0v) is 34.9. The summed E-state index contributed by atoms with van der Waals surface area (Å²) in [6, 6.07) is 0. The van der Waals surface area contributed by atoms with E-state index in [4.69, 9.17) is 18.9 Å². The van der Waals surface area contributed by atoms with Gasteiger partial charge in [-0.05, 0) is 64.2 Å². The van der Waals surface area contributed by atoms with Crippen molar-refractivity contribution in [1.29, 1.82) is 0 Å². The number of unbranched alkanes of at least 4 members (excludes halogenated alkanes) is 22. The number of hydrogen-bond acceptors (Lipinski definition) is 10. The molecule has 55 heavy (non-hydrogen) atoms. The second-order valence-corrected chi connectivity index (χ2v) is 15.5. The van der Waals surface area contributed by atoms with Gasteiger partial charge in [-0.25, -0.2) is 0 Å². The fourth-order valence-corrected chi connectivity index (χ4v) is 6.71. The van der Waals surface area contributed by atoms with Gasteiger partial charge in [-0.1, -0.05) is 141 Å². The Morgan fingerprint density at radius 3 is 1.42 bits per heavy atom. The zero-order chi connectivity index (χ0) is 40.2. The molecule has 322 valence electrons. The first-order valence-corrected chi connectivity index (χ1v) is 22.4. The molecular formula is C45H82O10. The standard InChI is InChI=1S/C45H82O10/c1-3-5-7-9-11-13-15-17-19-21-23-25-27-29-31-33-40(47)52-36-38(37-53-45-44(51)43(50)42(49)39(35-46)55-45)54-41(48)34-32-30-28-26-24-22-20-18-16-14-12-10-8-6-4-2/h17-20,38-39,42-46,49-51H,3-16,21-37H2,1-2H3/b19-17+,20-18+/t38?,39-,42-,43+,44-,45-/m1/s1. The quantitative estimate of drug-likeness (QED) is 0.0273. The van der Waals surface area contributed by atoms with E-state index in [0.717, 1.165) is 64.2 Å². The minimum absolute atomic E-state index is 0.220. The van der Waals surface area contributed by atoms with E-state index in [1.165, 1.54) is 89.9 Å². The topological polar surface area (TPSA) is 152 Å². The third kappa shape index (κ3) is 28.3. The van der Waals surface area contributed by atoms with Crippen LogP contribution >= 0.6 is 0 Å². The van der Waals surface area contributed by atoms with Crippen molar-refractivity contribution in [3.8, 4) is 0 Å². The van der Waals surface area contributed by atoms with Crippen LogP contribution in [0.15, 0.2) is 24.3 Å². The smallest absolute Gasteiger partial charge is 0.306 e. The molecule has 6 atom stereocenters. The Balaban J connectivity index is 2.34. The van der Waals surface area contributed by atoms with E-state index in [0.29, 0.717) is 12.8 Å². The Morgan fingerprint density at radius 2 is 0.964 bits per heavy atom. The van der Waals surface area contributed by atoms with Crippen LogP contribution in [-0.4, -0.2) is 89.0 Å². The summed E-state index contributed by atoms with van der Waals surface area (Å²) in [5.74, 6) is -0.822. The Kier molecular flexibility index (Phi) is 34.0. The molecule has 0 aliphatic carbocycles. The van der Waals surface area contributed by atoms with Gasteiger partial charge in [0, 0.05) is 12.8 Å². The van der Waals surface area contributed by atoms with Crippen LogP contribution in [0, 0.1) is 0 Å². The van der Waals surface area contributed by atoms with Crippen LogP contribution in [0.3, 0.4) is 0 Å². The number of ether oxygens (including phenoxy) is 4. The van der Waals surface area contributed by atoms with Crippen LogP contribution in [0.5, 0.6) is 0 Å². The van der Waals surface area contributed by atoms with E-state index in [-0.39, 0.29) is 32.0 Å². The number of hydrogen-bond donors (Lipinski definition) is 4. The first-order chi connectivity index (χ1) is 26.8. The maximum Gasteiger partial charge on any atom is 0.306 e. The lowest BCUT2D eigenvalue weighted by molar-refractivity contribution is -0.305. The van der Waals surface area contributed by atoms with E-state index >= 15 is 0 Å². The summed E-state index contributed by atoms with van der Waals surface area (Å²) in [6.07, 6.45) is 31.8. The molecule has 0 saturated carbocycles. The molecule has 10 heteroatoms. The van der Waals surface area contributed by atoms with E-state index < -0.39 is 49.4 Å².